The first-order chi connectivity index (χ1) is 19.8. The summed E-state index contributed by atoms with van der Waals surface area (Å²) in [7, 11) is 0. The fourth-order valence-electron chi connectivity index (χ4n) is 6.00. The quantitative estimate of drug-likeness (QED) is 0.221. The van der Waals surface area contributed by atoms with Crippen LogP contribution in [-0.4, -0.2) is 0 Å². The minimum absolute atomic E-state index is 0.847. The fourth-order valence-corrected chi connectivity index (χ4v) is 7.37. The molecule has 1 aliphatic rings. The zero-order chi connectivity index (χ0) is 26.5. The maximum absolute atomic E-state index is 6.20. The lowest BCUT2D eigenvalue weighted by atomic mass is 9.90. The molecule has 8 rings (SSSR count). The van der Waals surface area contributed by atoms with Crippen LogP contribution in [0, 0.1) is 12.1 Å². The van der Waals surface area contributed by atoms with E-state index in [9.17, 15) is 0 Å². The number of rotatable bonds is 4. The Labute approximate surface area is 237 Å². The molecule has 1 aliphatic carbocycles. The van der Waals surface area contributed by atoms with Gasteiger partial charge >= 0.3 is 0 Å². The summed E-state index contributed by atoms with van der Waals surface area (Å²) in [5.74, 6) is 0. The molecule has 0 amide bonds. The van der Waals surface area contributed by atoms with E-state index in [1.807, 2.05) is 29.5 Å². The lowest BCUT2D eigenvalue weighted by Crippen LogP contribution is -1.94. The predicted octanol–water partition coefficient (Wildman–Crippen LogP) is 10.9. The smallest absolute Gasteiger partial charge is 0.145 e. The highest BCUT2D eigenvalue weighted by Gasteiger charge is 2.23. The van der Waals surface area contributed by atoms with Gasteiger partial charge in [0.05, 0.1) is 0 Å². The number of para-hydroxylation sites is 1. The van der Waals surface area contributed by atoms with Crippen LogP contribution in [0.25, 0.3) is 71.1 Å². The first-order valence-electron chi connectivity index (χ1n) is 13.7. The van der Waals surface area contributed by atoms with E-state index >= 15 is 0 Å². The van der Waals surface area contributed by atoms with Crippen LogP contribution in [0.2, 0.25) is 0 Å². The molecule has 7 aromatic rings. The molecule has 188 valence electrons. The summed E-state index contributed by atoms with van der Waals surface area (Å²) in [5.41, 5.74) is 11.7. The average molecular weight is 529 g/mol. The van der Waals surface area contributed by atoms with Gasteiger partial charge in [0.25, 0.3) is 0 Å². The standard InChI is InChI=1S/C38H24OS/c1-2-12-25(13-3-1)26-14-10-15-27(24-26)37-31-18-6-7-19-32(31)38(40-37)30-17-5-4-16-28(30)29-21-11-23-35-36(29)33-20-8-9-22-34(33)39-35/h1-6,8-10,12-18,20,22-24H,7,19H2. The molecule has 5 aromatic carbocycles. The Morgan fingerprint density at radius 2 is 1.45 bits per heavy atom. The summed E-state index contributed by atoms with van der Waals surface area (Å²) < 4.78 is 6.20. The zero-order valence-electron chi connectivity index (χ0n) is 21.8. The third kappa shape index (κ3) is 3.71. The van der Waals surface area contributed by atoms with Gasteiger partial charge in [-0.1, -0.05) is 115 Å². The van der Waals surface area contributed by atoms with Crippen molar-refractivity contribution in [2.75, 3.05) is 0 Å². The predicted molar refractivity (Wildman–Crippen MR) is 168 cm³/mol. The molecule has 0 atom stereocenters. The van der Waals surface area contributed by atoms with E-state index in [0.717, 1.165) is 40.3 Å². The number of furan rings is 1. The third-order valence-electron chi connectivity index (χ3n) is 7.84. The van der Waals surface area contributed by atoms with Crippen LogP contribution in [-0.2, 0) is 6.42 Å². The number of fused-ring (bicyclic) bond motifs is 4. The monoisotopic (exact) mass is 528 g/mol. The van der Waals surface area contributed by atoms with E-state index < -0.39 is 0 Å². The van der Waals surface area contributed by atoms with Crippen LogP contribution in [0.4, 0.5) is 0 Å². The highest BCUT2D eigenvalue weighted by molar-refractivity contribution is 7.19. The molecule has 2 aromatic heterocycles. The molecule has 0 saturated heterocycles. The summed E-state index contributed by atoms with van der Waals surface area (Å²) in [5, 5.41) is 2.21. The topological polar surface area (TPSA) is 13.1 Å². The molecular formula is C38H24OS. The number of allylic oxidation sites excluding steroid dienone is 1. The Bertz CT molecular complexity index is 2050. The summed E-state index contributed by atoms with van der Waals surface area (Å²) in [4.78, 5) is 2.67. The molecule has 0 bridgehead atoms. The van der Waals surface area contributed by atoms with Crippen molar-refractivity contribution in [2.45, 2.75) is 12.8 Å². The largest absolute Gasteiger partial charge is 0.455 e. The highest BCUT2D eigenvalue weighted by Crippen LogP contribution is 2.48. The Kier molecular flexibility index (Phi) is 5.43. The fraction of sp³-hybridized carbons (Fsp3) is 0.0526. The average Bonchev–Trinajstić information content (AvgIpc) is 3.61. The SMILES string of the molecule is c1cc2oc3ccccc3c2c(-c2ccccc2-c2sc(-c3cccc(-c4ccccc4)c3)c3c2CCC=C3)c#1. The Morgan fingerprint density at radius 3 is 2.38 bits per heavy atom. The van der Waals surface area contributed by atoms with Gasteiger partial charge < -0.3 is 4.42 Å². The van der Waals surface area contributed by atoms with Crippen molar-refractivity contribution in [2.24, 2.45) is 0 Å². The highest BCUT2D eigenvalue weighted by atomic mass is 32.1. The van der Waals surface area contributed by atoms with Crippen LogP contribution < -0.4 is 0 Å². The molecule has 0 N–H and O–H groups in total. The second-order valence-corrected chi connectivity index (χ2v) is 11.2. The van der Waals surface area contributed by atoms with Gasteiger partial charge in [-0.3, -0.25) is 0 Å². The molecule has 1 nitrogen and oxygen atoms in total. The first-order valence-corrected chi connectivity index (χ1v) is 14.5. The second kappa shape index (κ2) is 9.42. The van der Waals surface area contributed by atoms with Crippen molar-refractivity contribution < 1.29 is 4.42 Å². The lowest BCUT2D eigenvalue weighted by molar-refractivity contribution is 0.669. The van der Waals surface area contributed by atoms with Crippen molar-refractivity contribution >= 4 is 39.4 Å². The van der Waals surface area contributed by atoms with Crippen LogP contribution in [0.1, 0.15) is 17.5 Å². The van der Waals surface area contributed by atoms with Gasteiger partial charge in [0.2, 0.25) is 0 Å². The molecule has 0 spiro atoms. The van der Waals surface area contributed by atoms with E-state index in [-0.39, 0.29) is 0 Å². The number of thiophene rings is 1. The van der Waals surface area contributed by atoms with Crippen LogP contribution >= 0.6 is 11.3 Å². The summed E-state index contributed by atoms with van der Waals surface area (Å²) >= 11 is 1.91. The molecule has 0 unspecified atom stereocenters. The van der Waals surface area contributed by atoms with Gasteiger partial charge in [-0.05, 0) is 58.4 Å². The molecule has 0 aliphatic heterocycles. The molecule has 0 fully saturated rings. The summed E-state index contributed by atoms with van der Waals surface area (Å²) in [6.45, 7) is 0. The van der Waals surface area contributed by atoms with Crippen LogP contribution in [0.3, 0.4) is 0 Å². The maximum Gasteiger partial charge on any atom is 0.145 e. The van der Waals surface area contributed by atoms with E-state index in [1.54, 1.807) is 0 Å². The third-order valence-corrected chi connectivity index (χ3v) is 9.17. The van der Waals surface area contributed by atoms with Gasteiger partial charge in [-0.15, -0.1) is 11.3 Å². The molecule has 2 heteroatoms. The second-order valence-electron chi connectivity index (χ2n) is 10.2. The molecule has 0 radical (unpaired) electrons. The normalized spacial score (nSPS) is 12.5. The van der Waals surface area contributed by atoms with Crippen LogP contribution in [0.5, 0.6) is 0 Å². The minimum atomic E-state index is 0.847. The lowest BCUT2D eigenvalue weighted by Gasteiger charge is -2.12. The van der Waals surface area contributed by atoms with Crippen molar-refractivity contribution in [3.8, 4) is 43.1 Å². The van der Waals surface area contributed by atoms with Crippen molar-refractivity contribution in [3.63, 3.8) is 0 Å². The van der Waals surface area contributed by atoms with Gasteiger partial charge in [-0.25, -0.2) is 0 Å². The zero-order valence-corrected chi connectivity index (χ0v) is 22.6. The Hall–Kier alpha value is -4.84. The Morgan fingerprint density at radius 1 is 0.675 bits per heavy atom. The number of hydrogen-bond acceptors (Lipinski definition) is 2. The number of hydrogen-bond donors (Lipinski definition) is 0. The molecule has 0 saturated carbocycles. The summed E-state index contributed by atoms with van der Waals surface area (Å²) in [6, 6.07) is 45.2. The van der Waals surface area contributed by atoms with Crippen molar-refractivity contribution in [3.05, 3.63) is 139 Å². The van der Waals surface area contributed by atoms with E-state index in [1.165, 1.54) is 48.7 Å². The van der Waals surface area contributed by atoms with E-state index in [0.29, 0.717) is 0 Å². The maximum atomic E-state index is 6.20. The minimum Gasteiger partial charge on any atom is -0.455 e. The van der Waals surface area contributed by atoms with E-state index in [4.69, 9.17) is 4.42 Å². The molecule has 2 heterocycles. The Balaban J connectivity index is 1.34. The van der Waals surface area contributed by atoms with Gasteiger partial charge in [0.1, 0.15) is 11.2 Å². The first kappa shape index (κ1) is 23.1. The van der Waals surface area contributed by atoms with Gasteiger partial charge in [-0.2, -0.15) is 0 Å². The van der Waals surface area contributed by atoms with Gasteiger partial charge in [0.15, 0.2) is 0 Å². The van der Waals surface area contributed by atoms with E-state index in [2.05, 4.69) is 115 Å². The van der Waals surface area contributed by atoms with Crippen LogP contribution in [0.15, 0.2) is 120 Å². The van der Waals surface area contributed by atoms with Crippen molar-refractivity contribution in [1.29, 1.82) is 0 Å². The molecular weight excluding hydrogens is 504 g/mol. The summed E-state index contributed by atoms with van der Waals surface area (Å²) in [6.07, 6.45) is 6.75. The number of benzene rings is 4. The van der Waals surface area contributed by atoms with Gasteiger partial charge in [0, 0.05) is 37.7 Å². The molecule has 40 heavy (non-hydrogen) atoms. The van der Waals surface area contributed by atoms with Crippen molar-refractivity contribution in [1.82, 2.24) is 0 Å².